The second-order valence-corrected chi connectivity index (χ2v) is 6.05. The van der Waals surface area contributed by atoms with Gasteiger partial charge >= 0.3 is 0 Å². The Labute approximate surface area is 124 Å². The topological polar surface area (TPSA) is 55.1 Å². The maximum atomic E-state index is 12.2. The van der Waals surface area contributed by atoms with Crippen LogP contribution in [0, 0.1) is 0 Å². The summed E-state index contributed by atoms with van der Waals surface area (Å²) >= 11 is 0. The summed E-state index contributed by atoms with van der Waals surface area (Å²) in [6, 6.07) is 5.56. The Hall–Kier alpha value is -2.29. The first kappa shape index (κ1) is 12.5. The first-order valence-corrected chi connectivity index (χ1v) is 7.55. The number of nitrogens with one attached hydrogen (secondary N) is 1. The van der Waals surface area contributed by atoms with Crippen LogP contribution >= 0.6 is 0 Å². The van der Waals surface area contributed by atoms with Crippen LogP contribution in [0.5, 0.6) is 0 Å². The lowest BCUT2D eigenvalue weighted by atomic mass is 9.93. The quantitative estimate of drug-likeness (QED) is 0.606. The van der Waals surface area contributed by atoms with Crippen molar-refractivity contribution in [3.63, 3.8) is 0 Å². The molecule has 0 fully saturated rings. The van der Waals surface area contributed by atoms with Gasteiger partial charge in [0.05, 0.1) is 0 Å². The van der Waals surface area contributed by atoms with Gasteiger partial charge in [-0.25, -0.2) is 0 Å². The average molecular weight is 278 g/mol. The van der Waals surface area contributed by atoms with E-state index in [1.54, 1.807) is 5.57 Å². The van der Waals surface area contributed by atoms with Crippen molar-refractivity contribution in [1.29, 1.82) is 0 Å². The summed E-state index contributed by atoms with van der Waals surface area (Å²) in [5.41, 5.74) is 13.4. The summed E-state index contributed by atoms with van der Waals surface area (Å²) in [7, 11) is 0. The second-order valence-electron chi connectivity index (χ2n) is 6.05. The summed E-state index contributed by atoms with van der Waals surface area (Å²) in [4.78, 5) is 12.2. The number of rotatable bonds is 1. The van der Waals surface area contributed by atoms with E-state index >= 15 is 0 Å². The third kappa shape index (κ3) is 2.09. The molecule has 1 heterocycles. The van der Waals surface area contributed by atoms with Crippen molar-refractivity contribution in [3.8, 4) is 0 Å². The van der Waals surface area contributed by atoms with Gasteiger partial charge in [-0.1, -0.05) is 11.6 Å². The van der Waals surface area contributed by atoms with Crippen LogP contribution in [0.3, 0.4) is 0 Å². The molecule has 1 aromatic rings. The van der Waals surface area contributed by atoms with Crippen molar-refractivity contribution in [2.45, 2.75) is 32.1 Å². The molecule has 0 bridgehead atoms. The highest BCUT2D eigenvalue weighted by Gasteiger charge is 2.25. The molecule has 0 radical (unpaired) electrons. The van der Waals surface area contributed by atoms with Gasteiger partial charge in [0.15, 0.2) is 0 Å². The number of carbonyl (C=O) groups is 1. The molecule has 0 saturated carbocycles. The van der Waals surface area contributed by atoms with Gasteiger partial charge in [-0.15, -0.1) is 0 Å². The lowest BCUT2D eigenvalue weighted by molar-refractivity contribution is -0.110. The molecule has 0 unspecified atom stereocenters. The zero-order valence-electron chi connectivity index (χ0n) is 11.9. The Balaban J connectivity index is 1.69. The number of hydrogen-bond acceptors (Lipinski definition) is 2. The summed E-state index contributed by atoms with van der Waals surface area (Å²) < 4.78 is 0. The Kier molecular flexibility index (Phi) is 2.74. The molecule has 0 aromatic heterocycles. The fourth-order valence-electron chi connectivity index (χ4n) is 3.52. The van der Waals surface area contributed by atoms with Gasteiger partial charge in [0.25, 0.3) is 5.91 Å². The van der Waals surface area contributed by atoms with Crippen LogP contribution < -0.4 is 11.1 Å². The third-order valence-corrected chi connectivity index (χ3v) is 4.56. The van der Waals surface area contributed by atoms with Gasteiger partial charge in [-0.3, -0.25) is 4.79 Å². The van der Waals surface area contributed by atoms with Gasteiger partial charge < -0.3 is 11.1 Å². The average Bonchev–Trinajstić information content (AvgIpc) is 3.01. The van der Waals surface area contributed by atoms with Crippen molar-refractivity contribution in [3.05, 3.63) is 52.6 Å². The number of anilines is 2. The highest BCUT2D eigenvalue weighted by Crippen LogP contribution is 2.39. The van der Waals surface area contributed by atoms with Crippen LogP contribution in [0.4, 0.5) is 11.4 Å². The number of fused-ring (bicyclic) bond motifs is 1. The lowest BCUT2D eigenvalue weighted by Gasteiger charge is -2.12. The van der Waals surface area contributed by atoms with Crippen molar-refractivity contribution >= 4 is 22.9 Å². The van der Waals surface area contributed by atoms with Gasteiger partial charge in [0.1, 0.15) is 0 Å². The van der Waals surface area contributed by atoms with Crippen molar-refractivity contribution in [2.75, 3.05) is 11.1 Å². The maximum absolute atomic E-state index is 12.2. The highest BCUT2D eigenvalue weighted by molar-refractivity contribution is 6.32. The molecular weight excluding hydrogens is 260 g/mol. The minimum atomic E-state index is -0.0265. The Bertz CT molecular complexity index is 738. The smallest absolute Gasteiger partial charge is 0.256 e. The second kappa shape index (κ2) is 4.62. The van der Waals surface area contributed by atoms with E-state index in [-0.39, 0.29) is 5.91 Å². The van der Waals surface area contributed by atoms with Crippen LogP contribution in [-0.4, -0.2) is 5.91 Å². The zero-order valence-corrected chi connectivity index (χ0v) is 11.9. The molecule has 1 aliphatic heterocycles. The summed E-state index contributed by atoms with van der Waals surface area (Å²) in [5, 5.41) is 2.91. The first-order valence-electron chi connectivity index (χ1n) is 7.55. The van der Waals surface area contributed by atoms with Crippen molar-refractivity contribution in [2.24, 2.45) is 0 Å². The molecule has 3 heteroatoms. The van der Waals surface area contributed by atoms with Gasteiger partial charge in [0.2, 0.25) is 0 Å². The number of amides is 1. The van der Waals surface area contributed by atoms with E-state index < -0.39 is 0 Å². The van der Waals surface area contributed by atoms with Crippen LogP contribution in [-0.2, 0) is 4.79 Å². The molecule has 3 N–H and O–H groups in total. The molecule has 2 aliphatic carbocycles. The van der Waals surface area contributed by atoms with E-state index in [0.717, 1.165) is 23.2 Å². The Morgan fingerprint density at radius 1 is 1.19 bits per heavy atom. The van der Waals surface area contributed by atoms with Gasteiger partial charge in [-0.05, 0) is 67.5 Å². The standard InChI is InChI=1S/C18H18N2O/c19-14-5-6-17-15(10-14)16(18(21)20-17)9-11-7-12-3-1-2-4-13(12)8-11/h5-7,9-10H,1-4,8,19H2,(H,20,21). The number of carbonyl (C=O) groups excluding carboxylic acids is 1. The third-order valence-electron chi connectivity index (χ3n) is 4.56. The lowest BCUT2D eigenvalue weighted by Crippen LogP contribution is -2.03. The van der Waals surface area contributed by atoms with Crippen molar-refractivity contribution in [1.82, 2.24) is 0 Å². The monoisotopic (exact) mass is 278 g/mol. The molecule has 106 valence electrons. The zero-order chi connectivity index (χ0) is 14.4. The highest BCUT2D eigenvalue weighted by atomic mass is 16.2. The van der Waals surface area contributed by atoms with Crippen LogP contribution in [0.25, 0.3) is 5.57 Å². The van der Waals surface area contributed by atoms with Crippen LogP contribution in [0.2, 0.25) is 0 Å². The first-order chi connectivity index (χ1) is 10.2. The number of nitrogens with two attached hydrogens (primary N) is 1. The summed E-state index contributed by atoms with van der Waals surface area (Å²) in [5.74, 6) is -0.0265. The van der Waals surface area contributed by atoms with E-state index in [0.29, 0.717) is 5.69 Å². The summed E-state index contributed by atoms with van der Waals surface area (Å²) in [6.07, 6.45) is 10.3. The number of allylic oxidation sites excluding steroid dienone is 5. The Morgan fingerprint density at radius 2 is 2.05 bits per heavy atom. The van der Waals surface area contributed by atoms with E-state index in [9.17, 15) is 4.79 Å². The fraction of sp³-hybridized carbons (Fsp3) is 0.278. The van der Waals surface area contributed by atoms with Crippen LogP contribution in [0.15, 0.2) is 47.1 Å². The SMILES string of the molecule is Nc1ccc2c(c1)C(=CC1=CC3=C(CCCC3)C1)C(=O)N2. The molecule has 0 atom stereocenters. The molecule has 21 heavy (non-hydrogen) atoms. The van der Waals surface area contributed by atoms with E-state index in [1.165, 1.54) is 36.8 Å². The molecule has 4 rings (SSSR count). The predicted octanol–water partition coefficient (Wildman–Crippen LogP) is 3.81. The molecule has 1 aromatic carbocycles. The Morgan fingerprint density at radius 3 is 2.90 bits per heavy atom. The predicted molar refractivity (Wildman–Crippen MR) is 85.7 cm³/mol. The fourth-order valence-corrected chi connectivity index (χ4v) is 3.52. The molecular formula is C18H18N2O. The summed E-state index contributed by atoms with van der Waals surface area (Å²) in [6.45, 7) is 0. The van der Waals surface area contributed by atoms with E-state index in [4.69, 9.17) is 5.73 Å². The largest absolute Gasteiger partial charge is 0.399 e. The normalized spacial score (nSPS) is 22.2. The van der Waals surface area contributed by atoms with Crippen LogP contribution in [0.1, 0.15) is 37.7 Å². The van der Waals surface area contributed by atoms with Gasteiger partial charge in [0, 0.05) is 22.5 Å². The minimum absolute atomic E-state index is 0.0265. The molecule has 3 nitrogen and oxygen atoms in total. The van der Waals surface area contributed by atoms with E-state index in [1.807, 2.05) is 24.3 Å². The number of hydrogen-bond donors (Lipinski definition) is 2. The number of benzene rings is 1. The maximum Gasteiger partial charge on any atom is 0.256 e. The van der Waals surface area contributed by atoms with Crippen molar-refractivity contribution < 1.29 is 4.79 Å². The molecule has 3 aliphatic rings. The molecule has 0 saturated heterocycles. The molecule has 1 amide bonds. The minimum Gasteiger partial charge on any atom is -0.399 e. The number of nitrogen functional groups attached to an aromatic ring is 1. The molecule has 0 spiro atoms. The van der Waals surface area contributed by atoms with E-state index in [2.05, 4.69) is 11.4 Å². The van der Waals surface area contributed by atoms with Gasteiger partial charge in [-0.2, -0.15) is 0 Å².